The summed E-state index contributed by atoms with van der Waals surface area (Å²) in [5.74, 6) is -5.27. The summed E-state index contributed by atoms with van der Waals surface area (Å²) in [6.45, 7) is 1.26. The average Bonchev–Trinajstić information content (AvgIpc) is 3.78. The van der Waals surface area contributed by atoms with Crippen LogP contribution in [0, 0.1) is 11.3 Å². The molecule has 230 valence electrons. The summed E-state index contributed by atoms with van der Waals surface area (Å²) in [6, 6.07) is 21.8. The first kappa shape index (κ1) is 30.8. The van der Waals surface area contributed by atoms with Gasteiger partial charge < -0.3 is 15.2 Å². The summed E-state index contributed by atoms with van der Waals surface area (Å²) in [5.41, 5.74) is 1.64. The molecule has 0 radical (unpaired) electrons. The lowest BCUT2D eigenvalue weighted by Gasteiger charge is -2.28. The number of amides is 2. The van der Waals surface area contributed by atoms with Crippen LogP contribution in [0.3, 0.4) is 0 Å². The third kappa shape index (κ3) is 6.93. The highest BCUT2D eigenvalue weighted by atomic mass is 19.4. The predicted molar refractivity (Wildman–Crippen MR) is 157 cm³/mol. The number of carboxylic acids is 1. The van der Waals surface area contributed by atoms with Crippen LogP contribution in [0.5, 0.6) is 0 Å². The van der Waals surface area contributed by atoms with Gasteiger partial charge in [0.2, 0.25) is 11.8 Å². The van der Waals surface area contributed by atoms with E-state index >= 15 is 0 Å². The number of carbonyl (C=O) groups excluding carboxylic acids is 2. The maximum absolute atomic E-state index is 14.2. The maximum atomic E-state index is 14.2. The fourth-order valence-electron chi connectivity index (χ4n) is 5.46. The van der Waals surface area contributed by atoms with Gasteiger partial charge in [0.25, 0.3) is 5.91 Å². The molecule has 3 aromatic rings. The van der Waals surface area contributed by atoms with E-state index in [0.29, 0.717) is 35.2 Å². The molecule has 11 heteroatoms. The molecule has 2 atom stereocenters. The third-order valence-corrected chi connectivity index (χ3v) is 8.11. The largest absolute Gasteiger partial charge is 0.481 e. The smallest absolute Gasteiger partial charge is 0.392 e. The van der Waals surface area contributed by atoms with E-state index in [2.05, 4.69) is 10.4 Å². The molecule has 0 saturated heterocycles. The number of alkyl halides is 3. The van der Waals surface area contributed by atoms with Crippen LogP contribution >= 0.6 is 0 Å². The summed E-state index contributed by atoms with van der Waals surface area (Å²) in [6.07, 6.45) is -3.56. The quantitative estimate of drug-likeness (QED) is 0.273. The van der Waals surface area contributed by atoms with Crippen molar-refractivity contribution >= 4 is 29.4 Å². The summed E-state index contributed by atoms with van der Waals surface area (Å²) < 4.78 is 48.0. The second kappa shape index (κ2) is 12.5. The Bertz CT molecular complexity index is 1550. The van der Waals surface area contributed by atoms with Crippen molar-refractivity contribution in [1.82, 2.24) is 5.01 Å². The molecule has 1 fully saturated rings. The van der Waals surface area contributed by atoms with E-state index in [0.717, 1.165) is 0 Å². The topological polar surface area (TPSA) is 108 Å². The predicted octanol–water partition coefficient (Wildman–Crippen LogP) is 6.13. The van der Waals surface area contributed by atoms with Crippen LogP contribution in [-0.2, 0) is 32.1 Å². The molecule has 0 spiro atoms. The standard InChI is InChI=1S/C33H32F3N3O5/c1-2-26(33(34,35)36)28(29(41)37-25-10-6-7-22(17-25)18-32(15-16-32)31(42)43)23-13-11-21(12-14-23)19-39-27(40)20-44-30(38-39)24-8-4-3-5-9-24/h3-14,17,26,28H,2,15-16,18-20H2,1H3,(H,37,41)(H,42,43)/t26?,28-/m0/s1. The molecule has 0 aromatic heterocycles. The maximum Gasteiger partial charge on any atom is 0.392 e. The van der Waals surface area contributed by atoms with Gasteiger partial charge >= 0.3 is 12.1 Å². The van der Waals surface area contributed by atoms with Crippen molar-refractivity contribution in [2.24, 2.45) is 16.4 Å². The number of rotatable bonds is 11. The lowest BCUT2D eigenvalue weighted by molar-refractivity contribution is -0.183. The minimum absolute atomic E-state index is 0.0662. The Kier molecular flexibility index (Phi) is 8.75. The van der Waals surface area contributed by atoms with Crippen LogP contribution in [0.25, 0.3) is 0 Å². The van der Waals surface area contributed by atoms with Gasteiger partial charge in [-0.3, -0.25) is 14.4 Å². The van der Waals surface area contributed by atoms with Gasteiger partial charge in [-0.2, -0.15) is 13.2 Å². The lowest BCUT2D eigenvalue weighted by atomic mass is 9.82. The van der Waals surface area contributed by atoms with Crippen molar-refractivity contribution in [3.63, 3.8) is 0 Å². The molecule has 8 nitrogen and oxygen atoms in total. The highest BCUT2D eigenvalue weighted by molar-refractivity contribution is 5.98. The monoisotopic (exact) mass is 607 g/mol. The fraction of sp³-hybridized carbons (Fsp3) is 0.333. The molecule has 2 N–H and O–H groups in total. The Balaban J connectivity index is 1.36. The van der Waals surface area contributed by atoms with Gasteiger partial charge in [-0.1, -0.05) is 61.5 Å². The van der Waals surface area contributed by atoms with Gasteiger partial charge in [0.1, 0.15) is 0 Å². The van der Waals surface area contributed by atoms with Crippen LogP contribution < -0.4 is 5.32 Å². The van der Waals surface area contributed by atoms with Crippen LogP contribution in [0.2, 0.25) is 0 Å². The molecular formula is C33H32F3N3O5. The SMILES string of the molecule is CCC([C@@H](C(=O)Nc1cccc(CC2(C(=O)O)CC2)c1)c1ccc(CN2N=C(c3ccccc3)OCC2=O)cc1)C(F)(F)F. The number of nitrogens with zero attached hydrogens (tertiary/aromatic N) is 2. The number of carboxylic acid groups (broad SMARTS) is 1. The number of hydrogen-bond donors (Lipinski definition) is 2. The molecule has 0 bridgehead atoms. The van der Waals surface area contributed by atoms with E-state index in [1.54, 1.807) is 48.5 Å². The Morgan fingerprint density at radius 3 is 2.34 bits per heavy atom. The Hall–Kier alpha value is -4.67. The number of carbonyl (C=O) groups is 3. The van der Waals surface area contributed by atoms with Gasteiger partial charge in [0.15, 0.2) is 6.61 Å². The van der Waals surface area contributed by atoms with E-state index in [1.165, 1.54) is 24.1 Å². The summed E-state index contributed by atoms with van der Waals surface area (Å²) in [5, 5.41) is 17.7. The number of anilines is 1. The van der Waals surface area contributed by atoms with E-state index in [-0.39, 0.29) is 43.4 Å². The normalized spacial score (nSPS) is 17.2. The van der Waals surface area contributed by atoms with Crippen LogP contribution in [0.1, 0.15) is 54.4 Å². The first-order valence-corrected chi connectivity index (χ1v) is 14.3. The van der Waals surface area contributed by atoms with Crippen LogP contribution in [0.4, 0.5) is 18.9 Å². The molecule has 1 unspecified atom stereocenters. The highest BCUT2D eigenvalue weighted by Gasteiger charge is 2.50. The minimum atomic E-state index is -4.64. The summed E-state index contributed by atoms with van der Waals surface area (Å²) in [7, 11) is 0. The molecule has 2 amide bonds. The number of hydrogen-bond acceptors (Lipinski definition) is 5. The fourth-order valence-corrected chi connectivity index (χ4v) is 5.46. The first-order valence-electron chi connectivity index (χ1n) is 14.3. The second-order valence-corrected chi connectivity index (χ2v) is 11.2. The van der Waals surface area contributed by atoms with Crippen molar-refractivity contribution < 1.29 is 37.4 Å². The number of halogens is 3. The van der Waals surface area contributed by atoms with E-state index in [9.17, 15) is 32.7 Å². The average molecular weight is 608 g/mol. The Morgan fingerprint density at radius 1 is 1.02 bits per heavy atom. The minimum Gasteiger partial charge on any atom is -0.481 e. The van der Waals surface area contributed by atoms with Crippen LogP contribution in [0.15, 0.2) is 84.0 Å². The number of nitrogens with one attached hydrogen (secondary N) is 1. The van der Waals surface area contributed by atoms with Gasteiger partial charge in [-0.15, -0.1) is 5.10 Å². The Morgan fingerprint density at radius 2 is 1.73 bits per heavy atom. The van der Waals surface area contributed by atoms with Crippen molar-refractivity contribution in [2.45, 2.75) is 51.2 Å². The molecule has 1 heterocycles. The molecule has 44 heavy (non-hydrogen) atoms. The number of aliphatic carboxylic acids is 1. The van der Waals surface area contributed by atoms with Crippen molar-refractivity contribution in [1.29, 1.82) is 0 Å². The summed E-state index contributed by atoms with van der Waals surface area (Å²) in [4.78, 5) is 37.6. The van der Waals surface area contributed by atoms with Crippen molar-refractivity contribution in [2.75, 3.05) is 11.9 Å². The summed E-state index contributed by atoms with van der Waals surface area (Å²) >= 11 is 0. The van der Waals surface area contributed by atoms with Gasteiger partial charge in [-0.05, 0) is 66.6 Å². The van der Waals surface area contributed by atoms with Crippen molar-refractivity contribution in [3.05, 3.63) is 101 Å². The molecule has 1 aliphatic carbocycles. The van der Waals surface area contributed by atoms with E-state index in [1.807, 2.05) is 18.2 Å². The molecule has 3 aromatic carbocycles. The van der Waals surface area contributed by atoms with E-state index < -0.39 is 35.3 Å². The number of benzene rings is 3. The Labute approximate surface area is 252 Å². The third-order valence-electron chi connectivity index (χ3n) is 8.11. The molecule has 1 saturated carbocycles. The van der Waals surface area contributed by atoms with Crippen LogP contribution in [-0.4, -0.2) is 46.6 Å². The molecule has 5 rings (SSSR count). The second-order valence-electron chi connectivity index (χ2n) is 11.2. The highest BCUT2D eigenvalue weighted by Crippen LogP contribution is 2.49. The van der Waals surface area contributed by atoms with Gasteiger partial charge in [0, 0.05) is 11.3 Å². The zero-order valence-corrected chi connectivity index (χ0v) is 24.0. The molecular weight excluding hydrogens is 575 g/mol. The van der Waals surface area contributed by atoms with Crippen molar-refractivity contribution in [3.8, 4) is 0 Å². The van der Waals surface area contributed by atoms with Gasteiger partial charge in [0.05, 0.1) is 23.8 Å². The lowest BCUT2D eigenvalue weighted by Crippen LogP contribution is -2.36. The number of hydrazone groups is 1. The van der Waals surface area contributed by atoms with E-state index in [4.69, 9.17) is 4.74 Å². The molecule has 2 aliphatic rings. The number of ether oxygens (including phenoxy) is 1. The first-order chi connectivity index (χ1) is 21.0. The zero-order valence-electron chi connectivity index (χ0n) is 24.0. The molecule has 1 aliphatic heterocycles. The van der Waals surface area contributed by atoms with Gasteiger partial charge in [-0.25, -0.2) is 5.01 Å². The zero-order chi connectivity index (χ0) is 31.5.